The minimum absolute atomic E-state index is 0.0901. The number of pyridine rings is 1. The Balaban J connectivity index is 1.41. The molecule has 4 aromatic rings. The van der Waals surface area contributed by atoms with Crippen molar-refractivity contribution in [2.45, 2.75) is 51.9 Å². The van der Waals surface area contributed by atoms with Gasteiger partial charge in [-0.3, -0.25) is 4.98 Å². The Morgan fingerprint density at radius 2 is 1.82 bits per heavy atom. The van der Waals surface area contributed by atoms with Gasteiger partial charge in [0.05, 0.1) is 18.4 Å². The number of nitrogens with zero attached hydrogens (tertiary/aromatic N) is 6. The number of benzene rings is 2. The summed E-state index contributed by atoms with van der Waals surface area (Å²) in [6.07, 6.45) is 4.27. The number of aromatic nitrogens is 3. The van der Waals surface area contributed by atoms with Gasteiger partial charge in [-0.1, -0.05) is 24.3 Å². The Morgan fingerprint density at radius 3 is 2.62 bits per heavy atom. The molecule has 2 aliphatic heterocycles. The van der Waals surface area contributed by atoms with E-state index in [4.69, 9.17) is 14.7 Å². The molecule has 4 heterocycles. The van der Waals surface area contributed by atoms with Crippen LogP contribution >= 0.6 is 0 Å². The van der Waals surface area contributed by atoms with E-state index in [9.17, 15) is 8.78 Å². The molecular weight excluding hydrogens is 510 g/mol. The van der Waals surface area contributed by atoms with Gasteiger partial charge in [0.2, 0.25) is 0 Å². The molecule has 6 rings (SSSR count). The average Bonchev–Trinajstić information content (AvgIpc) is 2.91. The summed E-state index contributed by atoms with van der Waals surface area (Å²) in [7, 11) is 3.99. The van der Waals surface area contributed by atoms with Crippen LogP contribution in [0.25, 0.3) is 10.8 Å². The molecule has 2 aliphatic rings. The van der Waals surface area contributed by atoms with Gasteiger partial charge in [0.1, 0.15) is 23.6 Å². The molecule has 9 heteroatoms. The summed E-state index contributed by atoms with van der Waals surface area (Å²) in [5.74, 6) is 0.258. The highest BCUT2D eigenvalue weighted by atomic mass is 19.1. The summed E-state index contributed by atoms with van der Waals surface area (Å²) in [4.78, 5) is 20.3. The maximum atomic E-state index is 15.0. The Labute approximate surface area is 233 Å². The normalized spacial score (nSPS) is 17.6. The molecule has 7 nitrogen and oxygen atoms in total. The number of fused-ring (bicyclic) bond motifs is 3. The predicted molar refractivity (Wildman–Crippen MR) is 153 cm³/mol. The van der Waals surface area contributed by atoms with Crippen molar-refractivity contribution >= 4 is 22.3 Å². The van der Waals surface area contributed by atoms with E-state index in [1.165, 1.54) is 12.3 Å². The van der Waals surface area contributed by atoms with Crippen LogP contribution in [0, 0.1) is 11.6 Å². The predicted octanol–water partition coefficient (Wildman–Crippen LogP) is 5.15. The van der Waals surface area contributed by atoms with Gasteiger partial charge in [0.25, 0.3) is 0 Å². The minimum atomic E-state index is -0.294. The smallest absolute Gasteiger partial charge is 0.318 e. The van der Waals surface area contributed by atoms with Crippen molar-refractivity contribution < 1.29 is 13.5 Å². The van der Waals surface area contributed by atoms with Gasteiger partial charge >= 0.3 is 6.01 Å². The van der Waals surface area contributed by atoms with Gasteiger partial charge in [-0.05, 0) is 63.9 Å². The summed E-state index contributed by atoms with van der Waals surface area (Å²) in [6, 6.07) is 11.4. The van der Waals surface area contributed by atoms with E-state index >= 15 is 0 Å². The molecule has 0 amide bonds. The fraction of sp³-hybridized carbons (Fsp3) is 0.387. The molecular formula is C31H34F2N6O. The molecule has 0 aliphatic carbocycles. The summed E-state index contributed by atoms with van der Waals surface area (Å²) in [6.45, 7) is 6.42. The van der Waals surface area contributed by atoms with Crippen LogP contribution in [0.3, 0.4) is 0 Å². The van der Waals surface area contributed by atoms with Crippen LogP contribution < -0.4 is 14.5 Å². The van der Waals surface area contributed by atoms with Crippen LogP contribution in [0.5, 0.6) is 6.01 Å². The molecule has 0 bridgehead atoms. The first kappa shape index (κ1) is 26.4. The minimum Gasteiger partial charge on any atom is -0.459 e. The number of rotatable bonds is 6. The molecule has 2 aromatic heterocycles. The van der Waals surface area contributed by atoms with Gasteiger partial charge in [-0.2, -0.15) is 9.97 Å². The third-order valence-corrected chi connectivity index (χ3v) is 7.87. The number of halogens is 2. The van der Waals surface area contributed by atoms with E-state index in [1.807, 2.05) is 45.3 Å². The SMILES string of the molecule is C[C@@H]1Cc2cncc(F)c2CN1c1nc(O[C@@H](C)CN(C)C)nc2c1CCN(c1cccc3cccc(F)c13)C2. The van der Waals surface area contributed by atoms with E-state index in [0.29, 0.717) is 56.0 Å². The Hall–Kier alpha value is -3.85. The molecule has 0 unspecified atom stereocenters. The largest absolute Gasteiger partial charge is 0.459 e. The molecule has 0 spiro atoms. The topological polar surface area (TPSA) is 57.6 Å². The summed E-state index contributed by atoms with van der Waals surface area (Å²) >= 11 is 0. The van der Waals surface area contributed by atoms with Crippen molar-refractivity contribution in [2.24, 2.45) is 0 Å². The summed E-state index contributed by atoms with van der Waals surface area (Å²) < 4.78 is 36.0. The highest BCUT2D eigenvalue weighted by Gasteiger charge is 2.32. The first-order valence-corrected chi connectivity index (χ1v) is 13.8. The Bertz CT molecular complexity index is 1560. The van der Waals surface area contributed by atoms with Crippen LogP contribution in [-0.4, -0.2) is 59.2 Å². The molecule has 208 valence electrons. The van der Waals surface area contributed by atoms with E-state index in [-0.39, 0.29) is 23.8 Å². The van der Waals surface area contributed by atoms with Gasteiger partial charge < -0.3 is 19.4 Å². The first-order chi connectivity index (χ1) is 19.3. The molecule has 0 saturated heterocycles. The molecule has 40 heavy (non-hydrogen) atoms. The first-order valence-electron chi connectivity index (χ1n) is 13.8. The van der Waals surface area contributed by atoms with Gasteiger partial charge in [0, 0.05) is 54.1 Å². The average molecular weight is 545 g/mol. The fourth-order valence-electron chi connectivity index (χ4n) is 6.05. The number of hydrogen-bond donors (Lipinski definition) is 0. The van der Waals surface area contributed by atoms with Crippen LogP contribution in [-0.2, 0) is 25.9 Å². The van der Waals surface area contributed by atoms with Crippen molar-refractivity contribution in [3.8, 4) is 6.01 Å². The third-order valence-electron chi connectivity index (χ3n) is 7.87. The van der Waals surface area contributed by atoms with Crippen LogP contribution in [0.2, 0.25) is 0 Å². The highest BCUT2D eigenvalue weighted by molar-refractivity contribution is 5.95. The number of ether oxygens (including phenoxy) is 1. The fourth-order valence-corrected chi connectivity index (χ4v) is 6.05. The van der Waals surface area contributed by atoms with E-state index in [2.05, 4.69) is 26.6 Å². The van der Waals surface area contributed by atoms with Crippen molar-refractivity contribution in [1.29, 1.82) is 0 Å². The lowest BCUT2D eigenvalue weighted by Crippen LogP contribution is -2.42. The van der Waals surface area contributed by atoms with Crippen molar-refractivity contribution in [3.63, 3.8) is 0 Å². The zero-order chi connectivity index (χ0) is 28.0. The van der Waals surface area contributed by atoms with E-state index in [1.54, 1.807) is 12.3 Å². The maximum absolute atomic E-state index is 15.0. The Kier molecular flexibility index (Phi) is 7.00. The number of likely N-dealkylation sites (N-methyl/N-ethyl adjacent to an activating group) is 1. The van der Waals surface area contributed by atoms with E-state index in [0.717, 1.165) is 33.7 Å². The lowest BCUT2D eigenvalue weighted by atomic mass is 9.95. The second-order valence-corrected chi connectivity index (χ2v) is 11.2. The lowest BCUT2D eigenvalue weighted by Gasteiger charge is -2.39. The van der Waals surface area contributed by atoms with E-state index < -0.39 is 0 Å². The summed E-state index contributed by atoms with van der Waals surface area (Å²) in [5, 5.41) is 1.48. The maximum Gasteiger partial charge on any atom is 0.318 e. The summed E-state index contributed by atoms with van der Waals surface area (Å²) in [5.41, 5.74) is 4.33. The van der Waals surface area contributed by atoms with Crippen LogP contribution in [0.15, 0.2) is 48.8 Å². The lowest BCUT2D eigenvalue weighted by molar-refractivity contribution is 0.163. The number of anilines is 2. The van der Waals surface area contributed by atoms with Gasteiger partial charge in [0.15, 0.2) is 0 Å². The van der Waals surface area contributed by atoms with Crippen molar-refractivity contribution in [3.05, 3.63) is 82.8 Å². The molecule has 0 fully saturated rings. The zero-order valence-electron chi connectivity index (χ0n) is 23.4. The van der Waals surface area contributed by atoms with Crippen molar-refractivity contribution in [2.75, 3.05) is 37.0 Å². The van der Waals surface area contributed by atoms with Crippen LogP contribution in [0.4, 0.5) is 20.3 Å². The quantitative estimate of drug-likeness (QED) is 0.333. The standard InChI is InChI=1S/C31H34F2N6O/c1-19-13-22-14-34-15-26(33)24(22)17-39(19)30-23-11-12-38(28-10-6-8-21-7-5-9-25(32)29(21)28)18-27(23)35-31(36-30)40-20(2)16-37(3)4/h5-10,14-15,19-20H,11-13,16-18H2,1-4H3/t19-,20+/m1/s1. The molecule has 0 N–H and O–H groups in total. The molecule has 2 atom stereocenters. The molecule has 0 saturated carbocycles. The molecule has 0 radical (unpaired) electrons. The Morgan fingerprint density at radius 1 is 1.02 bits per heavy atom. The van der Waals surface area contributed by atoms with Crippen molar-refractivity contribution in [1.82, 2.24) is 19.9 Å². The molecule has 2 aromatic carbocycles. The van der Waals surface area contributed by atoms with Crippen LogP contribution in [0.1, 0.15) is 36.2 Å². The number of hydrogen-bond acceptors (Lipinski definition) is 7. The van der Waals surface area contributed by atoms with Gasteiger partial charge in [-0.25, -0.2) is 8.78 Å². The second-order valence-electron chi connectivity index (χ2n) is 11.2. The third kappa shape index (κ3) is 4.94. The zero-order valence-corrected chi connectivity index (χ0v) is 23.4. The highest BCUT2D eigenvalue weighted by Crippen LogP contribution is 2.37. The van der Waals surface area contributed by atoms with Gasteiger partial charge in [-0.15, -0.1) is 0 Å². The monoisotopic (exact) mass is 544 g/mol. The second kappa shape index (κ2) is 10.6.